The highest BCUT2D eigenvalue weighted by atomic mass is 16.3. The van der Waals surface area contributed by atoms with E-state index in [0.29, 0.717) is 11.4 Å². The van der Waals surface area contributed by atoms with Gasteiger partial charge in [-0.15, -0.1) is 0 Å². The summed E-state index contributed by atoms with van der Waals surface area (Å²) in [5.74, 6) is 0.695. The van der Waals surface area contributed by atoms with E-state index in [-0.39, 0.29) is 24.8 Å². The van der Waals surface area contributed by atoms with Gasteiger partial charge in [-0.25, -0.2) is 4.98 Å². The van der Waals surface area contributed by atoms with Crippen molar-refractivity contribution in [2.45, 2.75) is 26.5 Å². The van der Waals surface area contributed by atoms with E-state index in [4.69, 9.17) is 4.98 Å². The first-order valence-electron chi connectivity index (χ1n) is 7.86. The fraction of sp³-hybridized carbons (Fsp3) is 0.333. The monoisotopic (exact) mass is 327 g/mol. The highest BCUT2D eigenvalue weighted by molar-refractivity contribution is 5.81. The summed E-state index contributed by atoms with van der Waals surface area (Å²) >= 11 is 0. The number of hydrogen-bond donors (Lipinski definition) is 2. The lowest BCUT2D eigenvalue weighted by Gasteiger charge is -2.16. The molecule has 126 valence electrons. The van der Waals surface area contributed by atoms with Crippen molar-refractivity contribution < 1.29 is 10.2 Å². The Morgan fingerprint density at radius 2 is 2.00 bits per heavy atom. The molecule has 1 atom stereocenters. The molecule has 0 spiro atoms. The first kappa shape index (κ1) is 16.4. The van der Waals surface area contributed by atoms with Gasteiger partial charge in [0.1, 0.15) is 5.82 Å². The fourth-order valence-corrected chi connectivity index (χ4v) is 2.97. The van der Waals surface area contributed by atoms with Crippen LogP contribution < -0.4 is 5.56 Å². The minimum absolute atomic E-state index is 0.0229. The van der Waals surface area contributed by atoms with Crippen molar-refractivity contribution in [2.75, 3.05) is 6.61 Å². The Kier molecular flexibility index (Phi) is 4.26. The van der Waals surface area contributed by atoms with Gasteiger partial charge in [0.25, 0.3) is 5.56 Å². The molecule has 0 radical (unpaired) electrons. The minimum Gasteiger partial charge on any atom is -0.394 e. The molecular weight excluding hydrogens is 306 g/mol. The zero-order valence-electron chi connectivity index (χ0n) is 14.0. The van der Waals surface area contributed by atoms with E-state index < -0.39 is 0 Å². The number of aromatic nitrogens is 3. The molecule has 6 nitrogen and oxygen atoms in total. The average Bonchev–Trinajstić information content (AvgIpc) is 2.96. The highest BCUT2D eigenvalue weighted by Gasteiger charge is 2.18. The summed E-state index contributed by atoms with van der Waals surface area (Å²) in [6.45, 7) is 3.62. The van der Waals surface area contributed by atoms with Gasteiger partial charge in [-0.2, -0.15) is 0 Å². The molecule has 0 aliphatic carbocycles. The molecule has 6 heteroatoms. The van der Waals surface area contributed by atoms with Crippen LogP contribution >= 0.6 is 0 Å². The quantitative estimate of drug-likeness (QED) is 0.765. The Balaban J connectivity index is 2.32. The molecule has 0 bridgehead atoms. The second-order valence-corrected chi connectivity index (χ2v) is 6.15. The highest BCUT2D eigenvalue weighted by Crippen LogP contribution is 2.29. The van der Waals surface area contributed by atoms with Crippen LogP contribution in [0.1, 0.15) is 24.1 Å². The second kappa shape index (κ2) is 6.22. The molecule has 2 heterocycles. The zero-order valence-corrected chi connectivity index (χ0v) is 14.0. The van der Waals surface area contributed by atoms with Crippen molar-refractivity contribution >= 4 is 11.0 Å². The van der Waals surface area contributed by atoms with Crippen LogP contribution in [0.25, 0.3) is 22.4 Å². The Morgan fingerprint density at radius 3 is 2.62 bits per heavy atom. The molecule has 3 aromatic rings. The zero-order chi connectivity index (χ0) is 17.4. The van der Waals surface area contributed by atoms with E-state index in [2.05, 4.69) is 0 Å². The Bertz CT molecular complexity index is 930. The summed E-state index contributed by atoms with van der Waals surface area (Å²) in [6, 6.07) is 7.24. The first-order chi connectivity index (χ1) is 11.5. The van der Waals surface area contributed by atoms with Gasteiger partial charge in [0.05, 0.1) is 30.3 Å². The van der Waals surface area contributed by atoms with Crippen LogP contribution in [0.5, 0.6) is 0 Å². The number of benzene rings is 1. The summed E-state index contributed by atoms with van der Waals surface area (Å²) in [4.78, 5) is 16.6. The van der Waals surface area contributed by atoms with Crippen LogP contribution in [0.15, 0.2) is 35.3 Å². The molecule has 0 fully saturated rings. The van der Waals surface area contributed by atoms with Crippen molar-refractivity contribution in [1.29, 1.82) is 0 Å². The number of nitrogens with zero attached hydrogens (tertiary/aromatic N) is 3. The summed E-state index contributed by atoms with van der Waals surface area (Å²) in [7, 11) is 1.71. The fourth-order valence-electron chi connectivity index (χ4n) is 2.97. The summed E-state index contributed by atoms with van der Waals surface area (Å²) in [6.07, 6.45) is 1.75. The predicted octanol–water partition coefficient (Wildman–Crippen LogP) is 1.76. The van der Waals surface area contributed by atoms with Crippen molar-refractivity contribution in [3.05, 3.63) is 51.9 Å². The number of hydrogen-bond acceptors (Lipinski definition) is 4. The van der Waals surface area contributed by atoms with Gasteiger partial charge in [-0.3, -0.25) is 4.79 Å². The molecular formula is C18H21N3O3. The maximum Gasteiger partial charge on any atom is 0.253 e. The van der Waals surface area contributed by atoms with Crippen molar-refractivity contribution in [1.82, 2.24) is 14.1 Å². The van der Waals surface area contributed by atoms with E-state index in [1.165, 1.54) is 4.57 Å². The molecule has 0 aliphatic rings. The molecule has 24 heavy (non-hydrogen) atoms. The van der Waals surface area contributed by atoms with Crippen LogP contribution in [-0.4, -0.2) is 30.9 Å². The minimum atomic E-state index is -0.164. The van der Waals surface area contributed by atoms with Crippen molar-refractivity contribution in [3.8, 4) is 11.4 Å². The topological polar surface area (TPSA) is 80.3 Å². The SMILES string of the molecule is Cc1cc(-c2nc3cc(CO)ccc3n2[C@@H](C)CO)cn(C)c1=O. The van der Waals surface area contributed by atoms with E-state index in [1.807, 2.05) is 35.8 Å². The summed E-state index contributed by atoms with van der Waals surface area (Å²) in [5.41, 5.74) is 3.84. The maximum atomic E-state index is 12.0. The lowest BCUT2D eigenvalue weighted by Crippen LogP contribution is -2.19. The molecule has 0 amide bonds. The van der Waals surface area contributed by atoms with Gasteiger partial charge in [-0.05, 0) is 37.6 Å². The molecule has 2 aromatic heterocycles. The lowest BCUT2D eigenvalue weighted by molar-refractivity contribution is 0.242. The van der Waals surface area contributed by atoms with Gasteiger partial charge >= 0.3 is 0 Å². The Morgan fingerprint density at radius 1 is 1.25 bits per heavy atom. The smallest absolute Gasteiger partial charge is 0.253 e. The Labute approximate surface area is 139 Å². The number of aliphatic hydroxyl groups excluding tert-OH is 2. The molecule has 0 aliphatic heterocycles. The third-order valence-electron chi connectivity index (χ3n) is 4.26. The predicted molar refractivity (Wildman–Crippen MR) is 92.9 cm³/mol. The summed E-state index contributed by atoms with van der Waals surface area (Å²) in [5, 5.41) is 19.0. The molecule has 0 saturated carbocycles. The third kappa shape index (κ3) is 2.64. The van der Waals surface area contributed by atoms with E-state index >= 15 is 0 Å². The number of imidazole rings is 1. The molecule has 1 aromatic carbocycles. The number of aliphatic hydroxyl groups is 2. The van der Waals surface area contributed by atoms with Crippen molar-refractivity contribution in [2.24, 2.45) is 7.05 Å². The summed E-state index contributed by atoms with van der Waals surface area (Å²) < 4.78 is 3.51. The van der Waals surface area contributed by atoms with Gasteiger partial charge in [-0.1, -0.05) is 6.07 Å². The standard InChI is InChI=1S/C18H21N3O3/c1-11-6-14(8-20(3)18(11)24)17-19-15-7-13(10-23)4-5-16(15)21(17)12(2)9-22/h4-8,12,22-23H,9-10H2,1-3H3/t12-/m0/s1. The largest absolute Gasteiger partial charge is 0.394 e. The van der Waals surface area contributed by atoms with Gasteiger partial charge in [0.15, 0.2) is 0 Å². The van der Waals surface area contributed by atoms with Crippen LogP contribution in [0.4, 0.5) is 0 Å². The number of pyridine rings is 1. The lowest BCUT2D eigenvalue weighted by atomic mass is 10.2. The maximum absolute atomic E-state index is 12.0. The first-order valence-corrected chi connectivity index (χ1v) is 7.86. The molecule has 2 N–H and O–H groups in total. The molecule has 3 rings (SSSR count). The van der Waals surface area contributed by atoms with Crippen LogP contribution in [0, 0.1) is 6.92 Å². The number of fused-ring (bicyclic) bond motifs is 1. The Hall–Kier alpha value is -2.44. The average molecular weight is 327 g/mol. The van der Waals surface area contributed by atoms with Crippen LogP contribution in [0.3, 0.4) is 0 Å². The van der Waals surface area contributed by atoms with Gasteiger partial charge in [0, 0.05) is 24.4 Å². The third-order valence-corrected chi connectivity index (χ3v) is 4.26. The number of aryl methyl sites for hydroxylation is 2. The molecule has 0 unspecified atom stereocenters. The van der Waals surface area contributed by atoms with Crippen LogP contribution in [0.2, 0.25) is 0 Å². The van der Waals surface area contributed by atoms with Crippen LogP contribution in [-0.2, 0) is 13.7 Å². The van der Waals surface area contributed by atoms with E-state index in [9.17, 15) is 15.0 Å². The van der Waals surface area contributed by atoms with E-state index in [0.717, 1.165) is 22.2 Å². The van der Waals surface area contributed by atoms with Gasteiger partial charge < -0.3 is 19.3 Å². The van der Waals surface area contributed by atoms with Crippen molar-refractivity contribution in [3.63, 3.8) is 0 Å². The van der Waals surface area contributed by atoms with E-state index in [1.54, 1.807) is 20.2 Å². The number of rotatable bonds is 4. The van der Waals surface area contributed by atoms with Gasteiger partial charge in [0.2, 0.25) is 0 Å². The second-order valence-electron chi connectivity index (χ2n) is 6.15. The normalized spacial score (nSPS) is 12.7. The molecule has 0 saturated heterocycles.